The van der Waals surface area contributed by atoms with E-state index < -0.39 is 0 Å². The molecule has 2 bridgehead atoms. The first kappa shape index (κ1) is 20.9. The minimum atomic E-state index is -0.340. The first-order valence-electron chi connectivity index (χ1n) is 9.43. The molecule has 1 aromatic heterocycles. The quantitative estimate of drug-likeness (QED) is 0.344. The van der Waals surface area contributed by atoms with Crippen LogP contribution >= 0.6 is 11.3 Å². The second-order valence-electron chi connectivity index (χ2n) is 7.31. The van der Waals surface area contributed by atoms with Gasteiger partial charge in [-0.2, -0.15) is 0 Å². The van der Waals surface area contributed by atoms with Gasteiger partial charge in [0.1, 0.15) is 10.7 Å². The van der Waals surface area contributed by atoms with Crippen LogP contribution < -0.4 is 11.1 Å². The minimum absolute atomic E-state index is 0.0699. The number of anilines is 1. The smallest absolute Gasteiger partial charge is 0.290 e. The summed E-state index contributed by atoms with van der Waals surface area (Å²) >= 11 is 1.53. The number of carbonyl (C=O) groups is 2. The molecular weight excluding hydrogens is 390 g/mol. The number of fused-ring (bicyclic) bond motifs is 2. The Kier molecular flexibility index (Phi) is 6.60. The molecule has 1 amide bonds. The van der Waals surface area contributed by atoms with E-state index in [1.807, 2.05) is 11.4 Å². The van der Waals surface area contributed by atoms with Crippen molar-refractivity contribution in [2.24, 2.45) is 0 Å². The maximum Gasteiger partial charge on any atom is 0.290 e. The van der Waals surface area contributed by atoms with Gasteiger partial charge >= 0.3 is 0 Å². The lowest BCUT2D eigenvalue weighted by Crippen LogP contribution is -2.50. The van der Waals surface area contributed by atoms with Crippen molar-refractivity contribution in [3.05, 3.63) is 35.3 Å². The molecule has 0 aliphatic carbocycles. The number of rotatable bonds is 4. The molecular formula is C20H25N5O3S. The van der Waals surface area contributed by atoms with Crippen LogP contribution in [0.25, 0.3) is 10.6 Å². The molecule has 1 aromatic carbocycles. The molecule has 9 heteroatoms. The van der Waals surface area contributed by atoms with Crippen molar-refractivity contribution >= 4 is 35.1 Å². The van der Waals surface area contributed by atoms with Gasteiger partial charge in [-0.05, 0) is 44.9 Å². The van der Waals surface area contributed by atoms with Crippen LogP contribution in [-0.2, 0) is 9.59 Å². The zero-order chi connectivity index (χ0) is 21.0. The fraction of sp³-hybridized carbons (Fsp3) is 0.400. The maximum atomic E-state index is 12.6. The molecule has 2 saturated heterocycles. The zero-order valence-electron chi connectivity index (χ0n) is 16.2. The zero-order valence-corrected chi connectivity index (χ0v) is 17.0. The molecule has 2 fully saturated rings. The Labute approximate surface area is 173 Å². The van der Waals surface area contributed by atoms with E-state index in [9.17, 15) is 4.79 Å². The number of aromatic nitrogens is 1. The topological polar surface area (TPSA) is 132 Å². The van der Waals surface area contributed by atoms with Crippen LogP contribution in [0.5, 0.6) is 0 Å². The van der Waals surface area contributed by atoms with Gasteiger partial charge in [-0.3, -0.25) is 15.0 Å². The molecule has 154 valence electrons. The number of carboxylic acid groups (broad SMARTS) is 1. The van der Waals surface area contributed by atoms with Crippen molar-refractivity contribution in [1.82, 2.24) is 15.2 Å². The van der Waals surface area contributed by atoms with E-state index >= 15 is 0 Å². The number of nitrogens with zero attached hydrogens (tertiary/aromatic N) is 2. The van der Waals surface area contributed by atoms with Crippen molar-refractivity contribution in [2.75, 3.05) is 12.8 Å². The van der Waals surface area contributed by atoms with E-state index in [4.69, 9.17) is 21.0 Å². The molecule has 8 nitrogen and oxygen atoms in total. The van der Waals surface area contributed by atoms with Gasteiger partial charge in [0.15, 0.2) is 0 Å². The molecule has 2 aliphatic heterocycles. The lowest BCUT2D eigenvalue weighted by molar-refractivity contribution is -0.123. The molecule has 5 N–H and O–H groups in total. The number of hydrogen-bond acceptors (Lipinski definition) is 7. The minimum Gasteiger partial charge on any atom is -0.483 e. The van der Waals surface area contributed by atoms with Crippen molar-refractivity contribution < 1.29 is 14.7 Å². The van der Waals surface area contributed by atoms with E-state index in [1.165, 1.54) is 24.2 Å². The van der Waals surface area contributed by atoms with Gasteiger partial charge < -0.3 is 21.1 Å². The molecule has 2 unspecified atom stereocenters. The van der Waals surface area contributed by atoms with Crippen molar-refractivity contribution in [1.29, 1.82) is 5.41 Å². The summed E-state index contributed by atoms with van der Waals surface area (Å²) in [4.78, 5) is 27.6. The summed E-state index contributed by atoms with van der Waals surface area (Å²) in [5.41, 5.74) is 7.86. The van der Waals surface area contributed by atoms with Gasteiger partial charge in [0.2, 0.25) is 0 Å². The molecule has 4 rings (SSSR count). The highest BCUT2D eigenvalue weighted by atomic mass is 32.1. The Bertz CT molecular complexity index is 872. The largest absolute Gasteiger partial charge is 0.483 e. The van der Waals surface area contributed by atoms with Crippen LogP contribution in [-0.4, -0.2) is 58.3 Å². The second kappa shape index (κ2) is 9.15. The number of nitrogen functional groups attached to an aromatic ring is 1. The van der Waals surface area contributed by atoms with Crippen LogP contribution in [0.4, 0.5) is 5.69 Å². The lowest BCUT2D eigenvalue weighted by atomic mass is 9.97. The predicted molar refractivity (Wildman–Crippen MR) is 113 cm³/mol. The molecule has 29 heavy (non-hydrogen) atoms. The van der Waals surface area contributed by atoms with E-state index in [0.29, 0.717) is 23.3 Å². The normalized spacial score (nSPS) is 23.0. The third-order valence-corrected chi connectivity index (χ3v) is 6.48. The molecule has 0 radical (unpaired) electrons. The molecule has 2 atom stereocenters. The molecule has 0 spiro atoms. The van der Waals surface area contributed by atoms with E-state index in [1.54, 1.807) is 18.3 Å². The number of nitrogens with one attached hydrogen (secondary N) is 2. The van der Waals surface area contributed by atoms with E-state index in [-0.39, 0.29) is 24.1 Å². The monoisotopic (exact) mass is 415 g/mol. The summed E-state index contributed by atoms with van der Waals surface area (Å²) in [6.45, 7) is -0.250. The van der Waals surface area contributed by atoms with Gasteiger partial charge in [0.05, 0.1) is 0 Å². The van der Waals surface area contributed by atoms with E-state index in [2.05, 4.69) is 22.2 Å². The molecule has 2 aromatic rings. The summed E-state index contributed by atoms with van der Waals surface area (Å²) in [5.74, 6) is -0.340. The number of carbonyl (C=O) groups excluding carboxylic acids is 1. The Morgan fingerprint density at radius 3 is 2.59 bits per heavy atom. The Morgan fingerprint density at radius 1 is 1.38 bits per heavy atom. The average molecular weight is 416 g/mol. The standard InChI is InChI=1S/C19H23N5OS.CH2O2/c1-24-13-3-4-14(24)10-12(9-13)23-18(25)17(21)15-5-2-11(8-16(15)20)19-22-6-7-26-19;2-1-3/h2,5-8,12-14,21H,3-4,9-10,20H2,1H3,(H,23,25);1H,(H,2,3). The number of hydrogen-bond donors (Lipinski definition) is 4. The van der Waals surface area contributed by atoms with Crippen molar-refractivity contribution in [2.45, 2.75) is 43.8 Å². The fourth-order valence-corrected chi connectivity index (χ4v) is 4.83. The Balaban J connectivity index is 0.000000755. The van der Waals surface area contributed by atoms with Crippen LogP contribution in [0.15, 0.2) is 29.8 Å². The third kappa shape index (κ3) is 4.63. The lowest BCUT2D eigenvalue weighted by Gasteiger charge is -2.36. The maximum absolute atomic E-state index is 12.6. The molecule has 3 heterocycles. The fourth-order valence-electron chi connectivity index (χ4n) is 4.20. The van der Waals surface area contributed by atoms with Gasteiger partial charge in [0.25, 0.3) is 12.4 Å². The summed E-state index contributed by atoms with van der Waals surface area (Å²) in [6.07, 6.45) is 6.08. The van der Waals surface area contributed by atoms with Crippen LogP contribution in [0.1, 0.15) is 31.2 Å². The van der Waals surface area contributed by atoms with Gasteiger partial charge in [0, 0.05) is 46.5 Å². The highest BCUT2D eigenvalue weighted by molar-refractivity contribution is 7.13. The van der Waals surface area contributed by atoms with Crippen molar-refractivity contribution in [3.63, 3.8) is 0 Å². The van der Waals surface area contributed by atoms with Crippen LogP contribution in [0.3, 0.4) is 0 Å². The molecule has 0 saturated carbocycles. The van der Waals surface area contributed by atoms with Gasteiger partial charge in [-0.1, -0.05) is 6.07 Å². The number of nitrogens with two attached hydrogens (primary N) is 1. The highest BCUT2D eigenvalue weighted by Crippen LogP contribution is 2.34. The SMILES string of the molecule is CN1C2CCC1CC(NC(=O)C(=N)c1ccc(-c3nccs3)cc1N)C2.O=CO. The third-order valence-electron chi connectivity index (χ3n) is 5.66. The van der Waals surface area contributed by atoms with Crippen LogP contribution in [0, 0.1) is 5.41 Å². The van der Waals surface area contributed by atoms with Gasteiger partial charge in [-0.15, -0.1) is 11.3 Å². The number of benzene rings is 1. The Hall–Kier alpha value is -2.78. The second-order valence-corrected chi connectivity index (χ2v) is 8.21. The summed E-state index contributed by atoms with van der Waals surface area (Å²) in [7, 11) is 2.17. The number of piperidine rings is 1. The first-order valence-corrected chi connectivity index (χ1v) is 10.3. The van der Waals surface area contributed by atoms with Crippen LogP contribution in [0.2, 0.25) is 0 Å². The number of thiazole rings is 1. The summed E-state index contributed by atoms with van der Waals surface area (Å²) < 4.78 is 0. The number of amides is 1. The summed E-state index contributed by atoms with van der Waals surface area (Å²) in [5, 5.41) is 21.0. The Morgan fingerprint density at radius 2 is 2.03 bits per heavy atom. The summed E-state index contributed by atoms with van der Waals surface area (Å²) in [6, 6.07) is 6.64. The van der Waals surface area contributed by atoms with Crippen molar-refractivity contribution in [3.8, 4) is 10.6 Å². The van der Waals surface area contributed by atoms with Gasteiger partial charge in [-0.25, -0.2) is 4.98 Å². The first-order chi connectivity index (χ1) is 13.9. The van der Waals surface area contributed by atoms with E-state index in [0.717, 1.165) is 23.4 Å². The molecule has 2 aliphatic rings. The predicted octanol–water partition coefficient (Wildman–Crippen LogP) is 2.20. The average Bonchev–Trinajstić information content (AvgIpc) is 3.28. The highest BCUT2D eigenvalue weighted by Gasteiger charge is 2.39.